The molecule has 0 unspecified atom stereocenters. The lowest BCUT2D eigenvalue weighted by Crippen LogP contribution is -2.62. The molecule has 0 radical (unpaired) electrons. The summed E-state index contributed by atoms with van der Waals surface area (Å²) in [5.41, 5.74) is 3.49. The summed E-state index contributed by atoms with van der Waals surface area (Å²) in [5, 5.41) is 26.5. The molecule has 2 aromatic rings. The number of para-hydroxylation sites is 1. The summed E-state index contributed by atoms with van der Waals surface area (Å²) in [4.78, 5) is 39.8. The lowest BCUT2D eigenvalue weighted by atomic mass is 9.45. The number of nitrogens with zero attached hydrogens (tertiary/aromatic N) is 4. The lowest BCUT2D eigenvalue weighted by molar-refractivity contribution is -0.183. The van der Waals surface area contributed by atoms with E-state index in [9.17, 15) is 19.8 Å². The Morgan fingerprint density at radius 1 is 1.02 bits per heavy atom. The molecule has 2 amide bonds. The number of hydrogen-bond donors (Lipinski definition) is 3. The molecule has 0 aromatic heterocycles. The van der Waals surface area contributed by atoms with Gasteiger partial charge in [-0.1, -0.05) is 77.1 Å². The molecule has 2 bridgehead atoms. The van der Waals surface area contributed by atoms with Crippen LogP contribution in [0.15, 0.2) is 48.5 Å². The minimum Gasteiger partial charge on any atom is -0.483 e. The molecule has 9 atom stereocenters. The van der Waals surface area contributed by atoms with Gasteiger partial charge in [-0.2, -0.15) is 5.06 Å². The molecule has 5 aliphatic rings. The number of likely N-dealkylation sites (N-methyl/N-ethyl adjacent to an activating group) is 1. The Morgan fingerprint density at radius 3 is 2.39 bits per heavy atom. The van der Waals surface area contributed by atoms with Crippen molar-refractivity contribution in [3.8, 4) is 5.75 Å². The van der Waals surface area contributed by atoms with E-state index in [1.807, 2.05) is 18.2 Å². The van der Waals surface area contributed by atoms with E-state index in [1.165, 1.54) is 19.3 Å². The zero-order valence-electron chi connectivity index (χ0n) is 35.9. The number of hydrogen-bond acceptors (Lipinski definition) is 9. The summed E-state index contributed by atoms with van der Waals surface area (Å²) < 4.78 is 6.13. The minimum absolute atomic E-state index is 0.0151. The van der Waals surface area contributed by atoms with Gasteiger partial charge < -0.3 is 30.1 Å². The van der Waals surface area contributed by atoms with E-state index < -0.39 is 24.2 Å². The number of rotatable bonds is 18. The van der Waals surface area contributed by atoms with Crippen LogP contribution in [-0.2, 0) is 34.1 Å². The van der Waals surface area contributed by atoms with Gasteiger partial charge in [-0.3, -0.25) is 19.3 Å². The summed E-state index contributed by atoms with van der Waals surface area (Å²) in [6.07, 6.45) is 4.16. The van der Waals surface area contributed by atoms with Crippen LogP contribution >= 0.6 is 0 Å². The first-order valence-electron chi connectivity index (χ1n) is 21.6. The van der Waals surface area contributed by atoms with E-state index in [1.54, 1.807) is 31.0 Å². The van der Waals surface area contributed by atoms with Crippen LogP contribution < -0.4 is 10.1 Å². The number of aliphatic hydroxyl groups excluding tert-OH is 2. The largest absolute Gasteiger partial charge is 0.483 e. The summed E-state index contributed by atoms with van der Waals surface area (Å²) in [7, 11) is 3.48. The van der Waals surface area contributed by atoms with Crippen molar-refractivity contribution in [1.82, 2.24) is 25.1 Å². The highest BCUT2D eigenvalue weighted by Crippen LogP contribution is 2.61. The highest BCUT2D eigenvalue weighted by molar-refractivity contribution is 5.83. The van der Waals surface area contributed by atoms with Crippen LogP contribution in [0.5, 0.6) is 5.75 Å². The van der Waals surface area contributed by atoms with Crippen molar-refractivity contribution < 1.29 is 29.4 Å². The lowest BCUT2D eigenvalue weighted by Gasteiger charge is -2.62. The van der Waals surface area contributed by atoms with Crippen LogP contribution in [0, 0.1) is 35.0 Å². The Morgan fingerprint density at radius 2 is 1.74 bits per heavy atom. The number of carbonyl (C=O) groups excluding carboxylic acids is 2. The topological polar surface area (TPSA) is 118 Å². The van der Waals surface area contributed by atoms with Gasteiger partial charge in [-0.25, -0.2) is 0 Å². The van der Waals surface area contributed by atoms with Crippen LogP contribution in [0.2, 0.25) is 0 Å². The number of ether oxygens (including phenoxy) is 1. The van der Waals surface area contributed by atoms with E-state index in [-0.39, 0.29) is 37.1 Å². The molecule has 3 aliphatic carbocycles. The Kier molecular flexibility index (Phi) is 14.4. The number of likely N-dealkylation sites (tertiary alicyclic amines) is 1. The summed E-state index contributed by atoms with van der Waals surface area (Å²) in [5.74, 6) is 1.98. The van der Waals surface area contributed by atoms with E-state index in [0.717, 1.165) is 54.9 Å². The predicted molar refractivity (Wildman–Crippen MR) is 223 cm³/mol. The van der Waals surface area contributed by atoms with Crippen LogP contribution in [0.1, 0.15) is 90.3 Å². The first-order chi connectivity index (χ1) is 27.2. The van der Waals surface area contributed by atoms with Gasteiger partial charge in [-0.05, 0) is 98.4 Å². The smallest absolute Gasteiger partial charge is 0.259 e. The maximum Gasteiger partial charge on any atom is 0.259 e. The third-order valence-corrected chi connectivity index (χ3v) is 13.9. The van der Waals surface area contributed by atoms with Crippen LogP contribution in [0.25, 0.3) is 0 Å². The number of carbonyl (C=O) groups is 2. The zero-order valence-corrected chi connectivity index (χ0v) is 35.9. The fraction of sp³-hybridized carbons (Fsp3) is 0.696. The van der Waals surface area contributed by atoms with Crippen LogP contribution in [0.4, 0.5) is 0 Å². The van der Waals surface area contributed by atoms with Gasteiger partial charge in [0.25, 0.3) is 5.91 Å². The van der Waals surface area contributed by atoms with E-state index >= 15 is 0 Å². The average Bonchev–Trinajstić information content (AvgIpc) is 3.82. The molecule has 3 saturated carbocycles. The van der Waals surface area contributed by atoms with Crippen molar-refractivity contribution in [2.45, 2.75) is 124 Å². The highest BCUT2D eigenvalue weighted by atomic mass is 16.7. The van der Waals surface area contributed by atoms with Gasteiger partial charge in [0.05, 0.1) is 19.3 Å². The minimum atomic E-state index is -0.847. The highest BCUT2D eigenvalue weighted by Gasteiger charge is 2.57. The molecular formula is C46H71N5O6. The second kappa shape index (κ2) is 18.9. The van der Waals surface area contributed by atoms with Gasteiger partial charge in [0.15, 0.2) is 6.61 Å². The SMILES string of the molecule is CC(C)C[C@@H](CN1CCCC1)N(Cc1cccc(CN2O[C@@H](CO)[C@@H]([C@H](C)O)[C@H]2C(=O)N[C@H]2C[C@@H]3C[C@@H]([C@H]2C)C3(C)C)c1)Cc1ccccc1OCC(=O)N(C)C. The molecular weight excluding hydrogens is 719 g/mol. The molecule has 57 heavy (non-hydrogen) atoms. The number of nitrogens with one attached hydrogen (secondary N) is 1. The number of aliphatic hydroxyl groups is 2. The molecule has 316 valence electrons. The van der Waals surface area contributed by atoms with E-state index in [0.29, 0.717) is 48.7 Å². The van der Waals surface area contributed by atoms with Crippen molar-refractivity contribution in [2.75, 3.05) is 46.9 Å². The third kappa shape index (κ3) is 10.2. The quantitative estimate of drug-likeness (QED) is 0.185. The summed E-state index contributed by atoms with van der Waals surface area (Å²) in [6, 6.07) is 16.2. The van der Waals surface area contributed by atoms with Crippen molar-refractivity contribution in [3.05, 3.63) is 65.2 Å². The van der Waals surface area contributed by atoms with Gasteiger partial charge >= 0.3 is 0 Å². The molecule has 7 rings (SSSR count). The van der Waals surface area contributed by atoms with Crippen LogP contribution in [0.3, 0.4) is 0 Å². The fourth-order valence-electron chi connectivity index (χ4n) is 10.4. The number of fused-ring (bicyclic) bond motifs is 2. The van der Waals surface area contributed by atoms with Crippen molar-refractivity contribution in [2.24, 2.45) is 35.0 Å². The Hall–Kier alpha value is -3.06. The standard InChI is InChI=1S/C46H71N5O6/c1-30(2)20-37(27-49-18-11-12-19-49)50(26-35-16-9-10-17-40(35)56-29-42(54)48(7)8)24-33-14-13-15-34(21-33)25-51-44(43(32(4)53)41(28-52)57-51)45(55)47-39-23-36-22-38(31(39)3)46(36,5)6/h9-10,13-17,21,30-32,36-39,41,43-44,52-53H,11-12,18-20,22-29H2,1-8H3,(H,47,55)/t31-,32+,36+,37+,38+,39+,41+,43-,44+/m1/s1. The van der Waals surface area contributed by atoms with Crippen molar-refractivity contribution in [1.29, 1.82) is 0 Å². The maximum atomic E-state index is 14.3. The predicted octanol–water partition coefficient (Wildman–Crippen LogP) is 5.33. The summed E-state index contributed by atoms with van der Waals surface area (Å²) >= 11 is 0. The number of benzene rings is 2. The maximum absolute atomic E-state index is 14.3. The van der Waals surface area contributed by atoms with Gasteiger partial charge in [-0.15, -0.1) is 0 Å². The van der Waals surface area contributed by atoms with Crippen molar-refractivity contribution in [3.63, 3.8) is 0 Å². The molecule has 2 aliphatic heterocycles. The van der Waals surface area contributed by atoms with Gasteiger partial charge in [0.2, 0.25) is 5.91 Å². The second-order valence-corrected chi connectivity index (χ2v) is 18.9. The molecule has 2 aromatic carbocycles. The molecule has 2 heterocycles. The molecule has 0 spiro atoms. The normalized spacial score (nSPS) is 28.3. The third-order valence-electron chi connectivity index (χ3n) is 13.9. The molecule has 2 saturated heterocycles. The number of amides is 2. The van der Waals surface area contributed by atoms with Gasteiger partial charge in [0, 0.05) is 57.3 Å². The first kappa shape index (κ1) is 43.5. The Balaban J connectivity index is 1.23. The van der Waals surface area contributed by atoms with E-state index in [2.05, 4.69) is 80.1 Å². The van der Waals surface area contributed by atoms with Gasteiger partial charge in [0.1, 0.15) is 17.9 Å². The second-order valence-electron chi connectivity index (χ2n) is 18.9. The molecule has 11 nitrogen and oxygen atoms in total. The fourth-order valence-corrected chi connectivity index (χ4v) is 10.4. The Labute approximate surface area is 342 Å². The van der Waals surface area contributed by atoms with Crippen molar-refractivity contribution >= 4 is 11.8 Å². The Bertz CT molecular complexity index is 1640. The summed E-state index contributed by atoms with van der Waals surface area (Å²) in [6.45, 7) is 17.9. The molecule has 3 N–H and O–H groups in total. The monoisotopic (exact) mass is 790 g/mol. The first-order valence-corrected chi connectivity index (χ1v) is 21.6. The zero-order chi connectivity index (χ0) is 41.0. The van der Waals surface area contributed by atoms with Crippen LogP contribution in [-0.4, -0.2) is 119 Å². The average molecular weight is 790 g/mol. The molecule has 11 heteroatoms. The molecule has 5 fully saturated rings. The van der Waals surface area contributed by atoms with E-state index in [4.69, 9.17) is 9.57 Å². The number of hydroxylamine groups is 2.